The number of nitrogens with two attached hydrogens (primary N) is 1. The average molecular weight is 381 g/mol. The molecule has 0 unspecified atom stereocenters. The number of carbonyl (C=O) groups excluding carboxylic acids is 1. The molecule has 4 N–H and O–H groups in total. The summed E-state index contributed by atoms with van der Waals surface area (Å²) in [5.41, 5.74) is 6.19. The predicted octanol–water partition coefficient (Wildman–Crippen LogP) is 0.925. The molecule has 1 aliphatic rings. The van der Waals surface area contributed by atoms with Gasteiger partial charge in [0, 0.05) is 50.4 Å². The van der Waals surface area contributed by atoms with E-state index in [0.29, 0.717) is 18.6 Å². The third kappa shape index (κ3) is 9.95. The molecule has 0 aromatic heterocycles. The summed E-state index contributed by atoms with van der Waals surface area (Å²) in [4.78, 5) is 34.4. The van der Waals surface area contributed by atoms with Gasteiger partial charge in [-0.2, -0.15) is 0 Å². The number of primary amides is 1. The minimum Gasteiger partial charge on any atom is -0.478 e. The summed E-state index contributed by atoms with van der Waals surface area (Å²) in [6.07, 6.45) is 2.40. The first-order valence-corrected chi connectivity index (χ1v) is 8.43. The van der Waals surface area contributed by atoms with Crippen LogP contribution in [0.2, 0.25) is 0 Å². The Balaban J connectivity index is 0.000000387. The monoisotopic (exact) mass is 381 g/mol. The Bertz CT molecular complexity index is 639. The maximum absolute atomic E-state index is 12.9. The summed E-state index contributed by atoms with van der Waals surface area (Å²) in [6, 6.07) is 6.62. The fourth-order valence-electron chi connectivity index (χ4n) is 2.50. The fourth-order valence-corrected chi connectivity index (χ4v) is 2.50. The van der Waals surface area contributed by atoms with Gasteiger partial charge in [-0.3, -0.25) is 9.69 Å². The molecule has 0 saturated carbocycles. The van der Waals surface area contributed by atoms with Gasteiger partial charge in [0.1, 0.15) is 5.82 Å². The lowest BCUT2D eigenvalue weighted by molar-refractivity contribution is -0.134. The maximum atomic E-state index is 12.9. The van der Waals surface area contributed by atoms with E-state index in [2.05, 4.69) is 9.80 Å². The molecule has 8 nitrogen and oxygen atoms in total. The van der Waals surface area contributed by atoms with Gasteiger partial charge in [-0.1, -0.05) is 0 Å². The molecule has 1 amide bonds. The van der Waals surface area contributed by atoms with Crippen LogP contribution in [0.4, 0.5) is 10.1 Å². The number of piperazine rings is 1. The van der Waals surface area contributed by atoms with Gasteiger partial charge in [0.2, 0.25) is 5.91 Å². The lowest BCUT2D eigenvalue weighted by Crippen LogP contribution is -2.46. The number of amides is 1. The summed E-state index contributed by atoms with van der Waals surface area (Å²) >= 11 is 0. The molecule has 2 rings (SSSR count). The van der Waals surface area contributed by atoms with E-state index < -0.39 is 11.9 Å². The van der Waals surface area contributed by atoms with Crippen LogP contribution in [-0.4, -0.2) is 65.7 Å². The van der Waals surface area contributed by atoms with Gasteiger partial charge in [-0.15, -0.1) is 0 Å². The minimum atomic E-state index is -1.26. The number of carbonyl (C=O) groups is 3. The van der Waals surface area contributed by atoms with Crippen LogP contribution < -0.4 is 10.6 Å². The van der Waals surface area contributed by atoms with E-state index in [1.54, 1.807) is 0 Å². The third-order valence-corrected chi connectivity index (χ3v) is 3.83. The summed E-state index contributed by atoms with van der Waals surface area (Å²) in [5, 5.41) is 15.6. The van der Waals surface area contributed by atoms with E-state index in [1.165, 1.54) is 12.1 Å². The third-order valence-electron chi connectivity index (χ3n) is 3.83. The van der Waals surface area contributed by atoms with Crippen LogP contribution in [0.5, 0.6) is 0 Å². The molecule has 148 valence electrons. The van der Waals surface area contributed by atoms with Crippen molar-refractivity contribution < 1.29 is 29.0 Å². The number of hydrogen-bond donors (Lipinski definition) is 3. The molecule has 9 heteroatoms. The second-order valence-corrected chi connectivity index (χ2v) is 5.88. The second kappa shape index (κ2) is 11.6. The van der Waals surface area contributed by atoms with Crippen LogP contribution in [0.1, 0.15) is 12.8 Å². The summed E-state index contributed by atoms with van der Waals surface area (Å²) < 4.78 is 12.9. The van der Waals surface area contributed by atoms with Crippen molar-refractivity contribution in [1.29, 1.82) is 0 Å². The number of carboxylic acids is 2. The SMILES string of the molecule is NC(=O)CCCN1CCN(c2ccc(F)cc2)CC1.O=C(O)/C=C\C(=O)O. The number of aliphatic carboxylic acids is 2. The molecule has 1 aromatic carbocycles. The Labute approximate surface area is 156 Å². The van der Waals surface area contributed by atoms with Crippen LogP contribution in [-0.2, 0) is 14.4 Å². The van der Waals surface area contributed by atoms with Gasteiger partial charge in [-0.25, -0.2) is 14.0 Å². The number of hydrogen-bond acceptors (Lipinski definition) is 5. The topological polar surface area (TPSA) is 124 Å². The number of benzene rings is 1. The molecular weight excluding hydrogens is 357 g/mol. The largest absolute Gasteiger partial charge is 0.478 e. The van der Waals surface area contributed by atoms with E-state index in [1.807, 2.05) is 12.1 Å². The van der Waals surface area contributed by atoms with Gasteiger partial charge in [0.05, 0.1) is 0 Å². The second-order valence-electron chi connectivity index (χ2n) is 5.88. The van der Waals surface area contributed by atoms with Crippen LogP contribution >= 0.6 is 0 Å². The quantitative estimate of drug-likeness (QED) is 0.600. The normalized spacial score (nSPS) is 14.5. The van der Waals surface area contributed by atoms with Gasteiger partial charge < -0.3 is 20.8 Å². The molecule has 27 heavy (non-hydrogen) atoms. The summed E-state index contributed by atoms with van der Waals surface area (Å²) in [7, 11) is 0. The van der Waals surface area contributed by atoms with Crippen molar-refractivity contribution in [3.05, 3.63) is 42.2 Å². The molecule has 1 aromatic rings. The zero-order valence-electron chi connectivity index (χ0n) is 14.9. The van der Waals surface area contributed by atoms with Crippen molar-refractivity contribution in [1.82, 2.24) is 4.90 Å². The smallest absolute Gasteiger partial charge is 0.328 e. The lowest BCUT2D eigenvalue weighted by atomic mass is 10.2. The minimum absolute atomic E-state index is 0.200. The van der Waals surface area contributed by atoms with Gasteiger partial charge in [-0.05, 0) is 37.2 Å². The molecule has 0 spiro atoms. The number of rotatable bonds is 7. The highest BCUT2D eigenvalue weighted by atomic mass is 19.1. The first kappa shape index (κ1) is 22.1. The number of anilines is 1. The van der Waals surface area contributed by atoms with E-state index in [4.69, 9.17) is 15.9 Å². The predicted molar refractivity (Wildman–Crippen MR) is 97.9 cm³/mol. The maximum Gasteiger partial charge on any atom is 0.328 e. The Morgan fingerprint density at radius 3 is 1.96 bits per heavy atom. The van der Waals surface area contributed by atoms with Crippen molar-refractivity contribution in [3.63, 3.8) is 0 Å². The van der Waals surface area contributed by atoms with E-state index in [9.17, 15) is 18.8 Å². The number of carboxylic acid groups (broad SMARTS) is 2. The highest BCUT2D eigenvalue weighted by molar-refractivity contribution is 5.89. The molecule has 1 heterocycles. The number of halogens is 1. The van der Waals surface area contributed by atoms with Crippen LogP contribution in [0.25, 0.3) is 0 Å². The van der Waals surface area contributed by atoms with Crippen LogP contribution in [0, 0.1) is 5.82 Å². The molecule has 1 aliphatic heterocycles. The van der Waals surface area contributed by atoms with Gasteiger partial charge in [0.15, 0.2) is 0 Å². The lowest BCUT2D eigenvalue weighted by Gasteiger charge is -2.36. The van der Waals surface area contributed by atoms with Crippen molar-refractivity contribution >= 4 is 23.5 Å². The Hall–Kier alpha value is -2.94. The fraction of sp³-hybridized carbons (Fsp3) is 0.389. The standard InChI is InChI=1S/C14H20FN3O.C4H4O4/c15-12-3-5-13(6-4-12)18-10-8-17(9-11-18)7-1-2-14(16)19;5-3(6)1-2-4(7)8/h3-6H,1-2,7-11H2,(H2,16,19);1-2H,(H,5,6)(H,7,8)/b;2-1-. The van der Waals surface area contributed by atoms with Crippen molar-refractivity contribution in [2.75, 3.05) is 37.6 Å². The van der Waals surface area contributed by atoms with E-state index in [0.717, 1.165) is 44.8 Å². The Morgan fingerprint density at radius 1 is 1.00 bits per heavy atom. The Kier molecular flexibility index (Phi) is 9.52. The van der Waals surface area contributed by atoms with Crippen LogP contribution in [0.3, 0.4) is 0 Å². The molecule has 0 atom stereocenters. The first-order valence-electron chi connectivity index (χ1n) is 8.43. The van der Waals surface area contributed by atoms with Crippen molar-refractivity contribution in [2.45, 2.75) is 12.8 Å². The molecule has 0 aliphatic carbocycles. The first-order chi connectivity index (χ1) is 12.8. The molecule has 0 radical (unpaired) electrons. The molecule has 0 bridgehead atoms. The summed E-state index contributed by atoms with van der Waals surface area (Å²) in [5.74, 6) is -2.95. The molecule has 1 fully saturated rings. The van der Waals surface area contributed by atoms with Crippen molar-refractivity contribution in [3.8, 4) is 0 Å². The van der Waals surface area contributed by atoms with Gasteiger partial charge in [0.25, 0.3) is 0 Å². The van der Waals surface area contributed by atoms with E-state index in [-0.39, 0.29) is 11.7 Å². The zero-order chi connectivity index (χ0) is 20.2. The molecular formula is C18H24FN3O5. The van der Waals surface area contributed by atoms with Gasteiger partial charge >= 0.3 is 11.9 Å². The number of nitrogens with zero attached hydrogens (tertiary/aromatic N) is 2. The highest BCUT2D eigenvalue weighted by Crippen LogP contribution is 2.16. The Morgan fingerprint density at radius 2 is 1.52 bits per heavy atom. The zero-order valence-corrected chi connectivity index (χ0v) is 14.9. The van der Waals surface area contributed by atoms with E-state index >= 15 is 0 Å². The van der Waals surface area contributed by atoms with Crippen LogP contribution in [0.15, 0.2) is 36.4 Å². The average Bonchev–Trinajstić information content (AvgIpc) is 2.62. The molecule has 1 saturated heterocycles. The highest BCUT2D eigenvalue weighted by Gasteiger charge is 2.16. The van der Waals surface area contributed by atoms with Crippen molar-refractivity contribution in [2.24, 2.45) is 5.73 Å². The summed E-state index contributed by atoms with van der Waals surface area (Å²) in [6.45, 7) is 4.72.